The third-order valence-electron chi connectivity index (χ3n) is 5.16. The van der Waals surface area contributed by atoms with Crippen molar-refractivity contribution in [1.29, 1.82) is 0 Å². The van der Waals surface area contributed by atoms with Crippen molar-refractivity contribution in [3.8, 4) is 0 Å². The maximum absolute atomic E-state index is 14.2. The largest absolute Gasteiger partial charge is 0.409 e. The molecule has 0 aliphatic heterocycles. The van der Waals surface area contributed by atoms with E-state index in [1.54, 1.807) is 12.1 Å². The Labute approximate surface area is 124 Å². The molecule has 114 valence electrons. The zero-order valence-corrected chi connectivity index (χ0v) is 12.3. The highest BCUT2D eigenvalue weighted by Crippen LogP contribution is 2.48. The Morgan fingerprint density at radius 2 is 2.24 bits per heavy atom. The third kappa shape index (κ3) is 2.69. The second-order valence-electron chi connectivity index (χ2n) is 6.47. The number of fused-ring (bicyclic) bond motifs is 2. The van der Waals surface area contributed by atoms with E-state index in [2.05, 4.69) is 5.16 Å². The van der Waals surface area contributed by atoms with Crippen LogP contribution in [0.15, 0.2) is 23.4 Å². The van der Waals surface area contributed by atoms with E-state index in [0.29, 0.717) is 17.2 Å². The molecule has 3 unspecified atom stereocenters. The van der Waals surface area contributed by atoms with Crippen molar-refractivity contribution in [3.63, 3.8) is 0 Å². The molecule has 0 heterocycles. The highest BCUT2D eigenvalue weighted by molar-refractivity contribution is 5.97. The maximum Gasteiger partial charge on any atom is 0.170 e. The fourth-order valence-corrected chi connectivity index (χ4v) is 4.08. The van der Waals surface area contributed by atoms with Crippen LogP contribution >= 0.6 is 0 Å². The number of rotatable bonds is 4. The van der Waals surface area contributed by atoms with Gasteiger partial charge in [0.1, 0.15) is 5.82 Å². The molecule has 3 atom stereocenters. The summed E-state index contributed by atoms with van der Waals surface area (Å²) in [6.45, 7) is 0.904. The standard InChI is InChI=1S/C16H22FN3O/c1-20(9-13-7-10-2-3-11(13)6-10)15-5-4-12(8-14(15)17)16(18)19-21/h4-5,8,10-11,13,21H,2-3,6-7,9H2,1H3,(H2,18,19). The lowest BCUT2D eigenvalue weighted by Gasteiger charge is -2.28. The van der Waals surface area contributed by atoms with Crippen LogP contribution in [0.1, 0.15) is 31.2 Å². The van der Waals surface area contributed by atoms with E-state index in [4.69, 9.17) is 10.9 Å². The molecule has 0 saturated heterocycles. The number of anilines is 1. The van der Waals surface area contributed by atoms with Crippen molar-refractivity contribution >= 4 is 11.5 Å². The monoisotopic (exact) mass is 291 g/mol. The van der Waals surface area contributed by atoms with Gasteiger partial charge in [-0.2, -0.15) is 0 Å². The van der Waals surface area contributed by atoms with E-state index in [0.717, 1.165) is 18.4 Å². The minimum absolute atomic E-state index is 0.0730. The molecule has 3 rings (SSSR count). The third-order valence-corrected chi connectivity index (χ3v) is 5.16. The lowest BCUT2D eigenvalue weighted by molar-refractivity contribution is 0.318. The Morgan fingerprint density at radius 3 is 2.81 bits per heavy atom. The molecule has 1 aromatic rings. The molecule has 0 amide bonds. The molecule has 2 saturated carbocycles. The van der Waals surface area contributed by atoms with Crippen molar-refractivity contribution in [2.24, 2.45) is 28.6 Å². The molecular formula is C16H22FN3O. The summed E-state index contributed by atoms with van der Waals surface area (Å²) in [7, 11) is 1.94. The second kappa shape index (κ2) is 5.54. The van der Waals surface area contributed by atoms with Gasteiger partial charge in [-0.05, 0) is 55.2 Å². The number of nitrogens with two attached hydrogens (primary N) is 1. The molecule has 4 nitrogen and oxygen atoms in total. The lowest BCUT2D eigenvalue weighted by Crippen LogP contribution is -2.29. The SMILES string of the molecule is CN(CC1CC2CCC1C2)c1ccc(C(N)=NO)cc1F. The molecule has 0 radical (unpaired) electrons. The van der Waals surface area contributed by atoms with E-state index in [9.17, 15) is 4.39 Å². The average Bonchev–Trinajstić information content (AvgIpc) is 3.08. The predicted molar refractivity (Wildman–Crippen MR) is 81.1 cm³/mol. The van der Waals surface area contributed by atoms with Gasteiger partial charge in [0.25, 0.3) is 0 Å². The predicted octanol–water partition coefficient (Wildman–Crippen LogP) is 2.79. The van der Waals surface area contributed by atoms with E-state index in [1.807, 2.05) is 11.9 Å². The van der Waals surface area contributed by atoms with Crippen LogP contribution in [0, 0.1) is 23.6 Å². The summed E-state index contributed by atoms with van der Waals surface area (Å²) in [6.07, 6.45) is 5.38. The Morgan fingerprint density at radius 1 is 1.43 bits per heavy atom. The van der Waals surface area contributed by atoms with Crippen molar-refractivity contribution in [3.05, 3.63) is 29.6 Å². The number of hydrogen-bond acceptors (Lipinski definition) is 3. The highest BCUT2D eigenvalue weighted by atomic mass is 19.1. The summed E-state index contributed by atoms with van der Waals surface area (Å²) in [5, 5.41) is 11.5. The van der Waals surface area contributed by atoms with Crippen molar-refractivity contribution in [1.82, 2.24) is 0 Å². The lowest BCUT2D eigenvalue weighted by atomic mass is 9.88. The first-order valence-electron chi connectivity index (χ1n) is 7.57. The van der Waals surface area contributed by atoms with Crippen LogP contribution in [0.2, 0.25) is 0 Å². The van der Waals surface area contributed by atoms with Crippen molar-refractivity contribution in [2.75, 3.05) is 18.5 Å². The Bertz CT molecular complexity index is 560. The number of benzene rings is 1. The molecule has 0 aromatic heterocycles. The summed E-state index contributed by atoms with van der Waals surface area (Å²) in [4.78, 5) is 2.00. The minimum Gasteiger partial charge on any atom is -0.409 e. The van der Waals surface area contributed by atoms with Crippen LogP contribution in [0.5, 0.6) is 0 Å². The number of halogens is 1. The first-order chi connectivity index (χ1) is 10.1. The van der Waals surface area contributed by atoms with E-state index < -0.39 is 0 Å². The molecule has 5 heteroatoms. The second-order valence-corrected chi connectivity index (χ2v) is 6.47. The Hall–Kier alpha value is -1.78. The Kier molecular flexibility index (Phi) is 3.74. The van der Waals surface area contributed by atoms with Gasteiger partial charge in [0, 0.05) is 19.2 Å². The summed E-state index contributed by atoms with van der Waals surface area (Å²) < 4.78 is 14.2. The zero-order valence-electron chi connectivity index (χ0n) is 12.3. The number of nitrogens with zero attached hydrogens (tertiary/aromatic N) is 2. The first-order valence-corrected chi connectivity index (χ1v) is 7.57. The zero-order chi connectivity index (χ0) is 15.0. The van der Waals surface area contributed by atoms with Gasteiger partial charge >= 0.3 is 0 Å². The van der Waals surface area contributed by atoms with Gasteiger partial charge < -0.3 is 15.8 Å². The highest BCUT2D eigenvalue weighted by Gasteiger charge is 2.39. The fraction of sp³-hybridized carbons (Fsp3) is 0.562. The first kappa shape index (κ1) is 14.2. The van der Waals surface area contributed by atoms with Gasteiger partial charge in [0.05, 0.1) is 5.69 Å². The van der Waals surface area contributed by atoms with E-state index in [1.165, 1.54) is 31.7 Å². The van der Waals surface area contributed by atoms with Gasteiger partial charge in [-0.25, -0.2) is 4.39 Å². The van der Waals surface area contributed by atoms with Crippen LogP contribution < -0.4 is 10.6 Å². The van der Waals surface area contributed by atoms with Gasteiger partial charge in [-0.1, -0.05) is 11.6 Å². The molecule has 3 N–H and O–H groups in total. The summed E-state index contributed by atoms with van der Waals surface area (Å²) >= 11 is 0. The van der Waals surface area contributed by atoms with E-state index >= 15 is 0 Å². The number of oxime groups is 1. The number of amidine groups is 1. The van der Waals surface area contributed by atoms with Gasteiger partial charge in [-0.15, -0.1) is 0 Å². The van der Waals surface area contributed by atoms with E-state index in [-0.39, 0.29) is 11.7 Å². The summed E-state index contributed by atoms with van der Waals surface area (Å²) in [6, 6.07) is 4.71. The van der Waals surface area contributed by atoms with Crippen LogP contribution in [0.25, 0.3) is 0 Å². The molecule has 0 spiro atoms. The summed E-state index contributed by atoms with van der Waals surface area (Å²) in [5.41, 5.74) is 6.45. The quantitative estimate of drug-likeness (QED) is 0.388. The van der Waals surface area contributed by atoms with Gasteiger partial charge in [0.2, 0.25) is 0 Å². The van der Waals surface area contributed by atoms with Crippen LogP contribution in [0.4, 0.5) is 10.1 Å². The van der Waals surface area contributed by atoms with Gasteiger partial charge in [-0.3, -0.25) is 0 Å². The maximum atomic E-state index is 14.2. The topological polar surface area (TPSA) is 61.8 Å². The summed E-state index contributed by atoms with van der Waals surface area (Å²) in [5.74, 6) is 2.02. The van der Waals surface area contributed by atoms with Crippen LogP contribution in [0.3, 0.4) is 0 Å². The Balaban J connectivity index is 1.71. The molecule has 2 bridgehead atoms. The normalized spacial score (nSPS) is 28.1. The van der Waals surface area contributed by atoms with Crippen LogP contribution in [-0.4, -0.2) is 24.6 Å². The molecule has 2 aliphatic carbocycles. The number of hydrogen-bond donors (Lipinski definition) is 2. The molecular weight excluding hydrogens is 269 g/mol. The van der Waals surface area contributed by atoms with Gasteiger partial charge in [0.15, 0.2) is 5.84 Å². The average molecular weight is 291 g/mol. The minimum atomic E-state index is -0.329. The molecule has 2 fully saturated rings. The molecule has 1 aromatic carbocycles. The molecule has 2 aliphatic rings. The molecule has 21 heavy (non-hydrogen) atoms. The van der Waals surface area contributed by atoms with Crippen molar-refractivity contribution < 1.29 is 9.60 Å². The fourth-order valence-electron chi connectivity index (χ4n) is 4.08. The smallest absolute Gasteiger partial charge is 0.170 e. The van der Waals surface area contributed by atoms with Crippen LogP contribution in [-0.2, 0) is 0 Å². The van der Waals surface area contributed by atoms with Crippen molar-refractivity contribution in [2.45, 2.75) is 25.7 Å².